The molecule has 1 atom stereocenters. The van der Waals surface area contributed by atoms with Gasteiger partial charge in [0.05, 0.1) is 5.69 Å². The Morgan fingerprint density at radius 1 is 1.08 bits per heavy atom. The topological polar surface area (TPSA) is 72.0 Å². The Morgan fingerprint density at radius 2 is 1.76 bits per heavy atom. The Bertz CT molecular complexity index is 889. The Morgan fingerprint density at radius 3 is 2.44 bits per heavy atom. The van der Waals surface area contributed by atoms with Crippen molar-refractivity contribution in [2.75, 3.05) is 0 Å². The molecule has 0 unspecified atom stereocenters. The minimum Gasteiger partial charge on any atom is -0.450 e. The molecule has 6 heteroatoms. The zero-order chi connectivity index (χ0) is 17.8. The smallest absolute Gasteiger partial charge is 0.357 e. The Kier molecular flexibility index (Phi) is 4.95. The van der Waals surface area contributed by atoms with Gasteiger partial charge in [-0.3, -0.25) is 9.89 Å². The van der Waals surface area contributed by atoms with E-state index in [9.17, 15) is 9.59 Å². The molecule has 0 spiro atoms. The van der Waals surface area contributed by atoms with Crippen LogP contribution < -0.4 is 0 Å². The van der Waals surface area contributed by atoms with Crippen molar-refractivity contribution >= 4 is 23.4 Å². The van der Waals surface area contributed by atoms with Crippen LogP contribution in [0.5, 0.6) is 0 Å². The number of nitrogens with one attached hydrogen (secondary N) is 1. The number of rotatable bonds is 5. The Labute approximate surface area is 149 Å². The van der Waals surface area contributed by atoms with E-state index < -0.39 is 12.1 Å². The van der Waals surface area contributed by atoms with Gasteiger partial charge in [0.1, 0.15) is 5.69 Å². The molecule has 2 aromatic carbocycles. The molecular formula is C19H15ClN2O3. The van der Waals surface area contributed by atoms with Crippen LogP contribution in [0.3, 0.4) is 0 Å². The summed E-state index contributed by atoms with van der Waals surface area (Å²) in [6, 6.07) is 17.5. The maximum Gasteiger partial charge on any atom is 0.357 e. The number of hydrogen-bond acceptors (Lipinski definition) is 4. The number of esters is 1. The molecule has 5 nitrogen and oxygen atoms in total. The van der Waals surface area contributed by atoms with Crippen molar-refractivity contribution < 1.29 is 14.3 Å². The average Bonchev–Trinajstić information content (AvgIpc) is 3.13. The lowest BCUT2D eigenvalue weighted by Gasteiger charge is -2.11. The van der Waals surface area contributed by atoms with Crippen LogP contribution in [0.25, 0.3) is 11.3 Å². The van der Waals surface area contributed by atoms with Crippen LogP contribution in [0.1, 0.15) is 27.8 Å². The van der Waals surface area contributed by atoms with Crippen molar-refractivity contribution in [2.24, 2.45) is 0 Å². The molecule has 126 valence electrons. The van der Waals surface area contributed by atoms with Crippen molar-refractivity contribution in [1.82, 2.24) is 10.2 Å². The van der Waals surface area contributed by atoms with Gasteiger partial charge < -0.3 is 4.74 Å². The zero-order valence-corrected chi connectivity index (χ0v) is 14.2. The second-order valence-corrected chi connectivity index (χ2v) is 5.89. The summed E-state index contributed by atoms with van der Waals surface area (Å²) in [4.78, 5) is 24.5. The van der Waals surface area contributed by atoms with Gasteiger partial charge in [-0.05, 0) is 37.3 Å². The summed E-state index contributed by atoms with van der Waals surface area (Å²) in [5.41, 5.74) is 2.13. The SMILES string of the molecule is C[C@H](OC(=O)c1cc(-c2ccccc2)n[nH]1)C(=O)c1ccc(Cl)cc1. The maximum atomic E-state index is 12.3. The number of benzene rings is 2. The van der Waals surface area contributed by atoms with E-state index in [0.717, 1.165) is 5.56 Å². The lowest BCUT2D eigenvalue weighted by molar-refractivity contribution is 0.0313. The first-order valence-corrected chi connectivity index (χ1v) is 8.04. The minimum atomic E-state index is -0.919. The van der Waals surface area contributed by atoms with E-state index >= 15 is 0 Å². The number of halogens is 1. The number of H-pyrrole nitrogens is 1. The van der Waals surface area contributed by atoms with Crippen molar-refractivity contribution in [3.05, 3.63) is 76.9 Å². The highest BCUT2D eigenvalue weighted by Crippen LogP contribution is 2.18. The summed E-state index contributed by atoms with van der Waals surface area (Å²) in [6.07, 6.45) is -0.919. The number of nitrogens with zero attached hydrogens (tertiary/aromatic N) is 1. The number of carbonyl (C=O) groups excluding carboxylic acids is 2. The third-order valence-corrected chi connectivity index (χ3v) is 3.90. The van der Waals surface area contributed by atoms with Gasteiger partial charge in [0.15, 0.2) is 6.10 Å². The molecule has 0 amide bonds. The number of Topliss-reactive ketones (excluding diaryl/α,β-unsaturated/α-hetero) is 1. The molecule has 0 aliphatic carbocycles. The lowest BCUT2D eigenvalue weighted by atomic mass is 10.1. The second-order valence-electron chi connectivity index (χ2n) is 5.45. The molecule has 0 bridgehead atoms. The summed E-state index contributed by atoms with van der Waals surface area (Å²) in [5, 5.41) is 7.28. The van der Waals surface area contributed by atoms with E-state index in [-0.39, 0.29) is 11.5 Å². The van der Waals surface area contributed by atoms with Gasteiger partial charge >= 0.3 is 5.97 Å². The van der Waals surface area contributed by atoms with Gasteiger partial charge in [-0.25, -0.2) is 4.79 Å². The predicted molar refractivity (Wildman–Crippen MR) is 94.7 cm³/mol. The van der Waals surface area contributed by atoms with E-state index in [1.807, 2.05) is 30.3 Å². The first-order valence-electron chi connectivity index (χ1n) is 7.66. The number of carbonyl (C=O) groups is 2. The highest BCUT2D eigenvalue weighted by atomic mass is 35.5. The fourth-order valence-electron chi connectivity index (χ4n) is 2.31. The number of ether oxygens (including phenoxy) is 1. The average molecular weight is 355 g/mol. The summed E-state index contributed by atoms with van der Waals surface area (Å²) < 4.78 is 5.24. The molecular weight excluding hydrogens is 340 g/mol. The van der Waals surface area contributed by atoms with Gasteiger partial charge in [-0.15, -0.1) is 0 Å². The van der Waals surface area contributed by atoms with Crippen LogP contribution in [0.4, 0.5) is 0 Å². The Hall–Kier alpha value is -2.92. The molecule has 1 heterocycles. The van der Waals surface area contributed by atoms with Crippen LogP contribution in [-0.2, 0) is 4.74 Å². The zero-order valence-electron chi connectivity index (χ0n) is 13.4. The fraction of sp³-hybridized carbons (Fsp3) is 0.105. The molecule has 0 fully saturated rings. The van der Waals surface area contributed by atoms with Gasteiger partial charge in [0.25, 0.3) is 0 Å². The molecule has 0 saturated heterocycles. The van der Waals surface area contributed by atoms with E-state index in [4.69, 9.17) is 16.3 Å². The van der Waals surface area contributed by atoms with Crippen molar-refractivity contribution in [3.63, 3.8) is 0 Å². The monoisotopic (exact) mass is 354 g/mol. The van der Waals surface area contributed by atoms with Gasteiger partial charge in [0.2, 0.25) is 5.78 Å². The number of aromatic amines is 1. The summed E-state index contributed by atoms with van der Waals surface area (Å²) in [6.45, 7) is 1.53. The maximum absolute atomic E-state index is 12.3. The molecule has 3 rings (SSSR count). The first-order chi connectivity index (χ1) is 12.0. The van der Waals surface area contributed by atoms with Gasteiger partial charge in [-0.1, -0.05) is 41.9 Å². The molecule has 3 aromatic rings. The standard InChI is InChI=1S/C19H15ClN2O3/c1-12(18(23)14-7-9-15(20)10-8-14)25-19(24)17-11-16(21-22-17)13-5-3-2-4-6-13/h2-12H,1H3,(H,21,22)/t12-/m0/s1. The third kappa shape index (κ3) is 3.95. The van der Waals surface area contributed by atoms with E-state index in [1.165, 1.54) is 6.92 Å². The van der Waals surface area contributed by atoms with E-state index in [2.05, 4.69) is 10.2 Å². The molecule has 25 heavy (non-hydrogen) atoms. The van der Waals surface area contributed by atoms with Gasteiger partial charge in [-0.2, -0.15) is 5.10 Å². The van der Waals surface area contributed by atoms with E-state index in [1.54, 1.807) is 30.3 Å². The number of aromatic nitrogens is 2. The van der Waals surface area contributed by atoms with Gasteiger partial charge in [0, 0.05) is 16.1 Å². The van der Waals surface area contributed by atoms with Crippen LogP contribution in [-0.4, -0.2) is 28.1 Å². The third-order valence-electron chi connectivity index (χ3n) is 3.65. The molecule has 0 aliphatic rings. The molecule has 1 N–H and O–H groups in total. The molecule has 0 saturated carbocycles. The van der Waals surface area contributed by atoms with Crippen molar-refractivity contribution in [3.8, 4) is 11.3 Å². The van der Waals surface area contributed by atoms with Crippen LogP contribution >= 0.6 is 11.6 Å². The predicted octanol–water partition coefficient (Wildman–Crippen LogP) is 4.16. The first kappa shape index (κ1) is 16.9. The number of ketones is 1. The molecule has 0 aliphatic heterocycles. The second kappa shape index (κ2) is 7.32. The van der Waals surface area contributed by atoms with Crippen molar-refractivity contribution in [1.29, 1.82) is 0 Å². The highest BCUT2D eigenvalue weighted by Gasteiger charge is 2.21. The summed E-state index contributed by atoms with van der Waals surface area (Å²) in [5.74, 6) is -0.933. The quantitative estimate of drug-likeness (QED) is 0.551. The fourth-order valence-corrected chi connectivity index (χ4v) is 2.44. The van der Waals surface area contributed by atoms with Crippen LogP contribution in [0.15, 0.2) is 60.7 Å². The molecule has 1 aromatic heterocycles. The molecule has 0 radical (unpaired) electrons. The highest BCUT2D eigenvalue weighted by molar-refractivity contribution is 6.30. The minimum absolute atomic E-state index is 0.189. The lowest BCUT2D eigenvalue weighted by Crippen LogP contribution is -2.24. The normalized spacial score (nSPS) is 11.8. The van der Waals surface area contributed by atoms with Crippen LogP contribution in [0, 0.1) is 0 Å². The largest absolute Gasteiger partial charge is 0.450 e. The number of hydrogen-bond donors (Lipinski definition) is 1. The summed E-state index contributed by atoms with van der Waals surface area (Å²) >= 11 is 5.81. The Balaban J connectivity index is 1.68. The van der Waals surface area contributed by atoms with Crippen LogP contribution in [0.2, 0.25) is 5.02 Å². The van der Waals surface area contributed by atoms with Crippen molar-refractivity contribution in [2.45, 2.75) is 13.0 Å². The summed E-state index contributed by atoms with van der Waals surface area (Å²) in [7, 11) is 0. The van der Waals surface area contributed by atoms with E-state index in [0.29, 0.717) is 16.3 Å².